The third kappa shape index (κ3) is 6.50. The molecular weight excluding hydrogens is 147 g/mol. The molecule has 0 aromatic rings. The van der Waals surface area contributed by atoms with Gasteiger partial charge in [-0.2, -0.15) is 0 Å². The Morgan fingerprint density at radius 1 is 1.12 bits per heavy atom. The van der Waals surface area contributed by atoms with Gasteiger partial charge in [-0.15, -0.1) is 11.6 Å². The standard InChI is InChI=1S/C4H10Cl2N2/c5-1-2-7-3-4-8-6/h7-8H,1-4H2. The lowest BCUT2D eigenvalue weighted by molar-refractivity contribution is 0.709. The maximum absolute atomic E-state index is 5.36. The molecule has 0 rings (SSSR count). The Morgan fingerprint density at radius 2 is 1.88 bits per heavy atom. The zero-order chi connectivity index (χ0) is 6.24. The summed E-state index contributed by atoms with van der Waals surface area (Å²) < 4.78 is 0. The fourth-order valence-electron chi connectivity index (χ4n) is 0.327. The number of alkyl halides is 1. The van der Waals surface area contributed by atoms with Gasteiger partial charge in [0.15, 0.2) is 0 Å². The Bertz CT molecular complexity index is 37.0. The monoisotopic (exact) mass is 156 g/mol. The SMILES string of the molecule is ClCCNCCNCl. The molecule has 0 radical (unpaired) electrons. The summed E-state index contributed by atoms with van der Waals surface area (Å²) in [7, 11) is 0. The normalized spacial score (nSPS) is 9.75. The fourth-order valence-corrected chi connectivity index (χ4v) is 0.556. The minimum absolute atomic E-state index is 0.655. The minimum Gasteiger partial charge on any atom is -0.314 e. The molecule has 0 heterocycles. The van der Waals surface area contributed by atoms with Crippen LogP contribution in [0.25, 0.3) is 0 Å². The van der Waals surface area contributed by atoms with Gasteiger partial charge in [-0.25, -0.2) is 4.84 Å². The molecule has 0 aliphatic rings. The Balaban J connectivity index is 2.53. The number of hydrogen-bond donors (Lipinski definition) is 2. The van der Waals surface area contributed by atoms with Gasteiger partial charge < -0.3 is 5.32 Å². The fraction of sp³-hybridized carbons (Fsp3) is 1.00. The molecule has 50 valence electrons. The Morgan fingerprint density at radius 3 is 2.38 bits per heavy atom. The third-order valence-corrected chi connectivity index (χ3v) is 1.05. The lowest BCUT2D eigenvalue weighted by Gasteiger charge is -1.97. The van der Waals surface area contributed by atoms with Gasteiger partial charge in [0.2, 0.25) is 0 Å². The second-order valence-electron chi connectivity index (χ2n) is 1.32. The van der Waals surface area contributed by atoms with Gasteiger partial charge in [-0.1, -0.05) is 0 Å². The van der Waals surface area contributed by atoms with E-state index >= 15 is 0 Å². The highest BCUT2D eigenvalue weighted by atomic mass is 35.5. The number of halogens is 2. The van der Waals surface area contributed by atoms with Crippen molar-refractivity contribution in [3.63, 3.8) is 0 Å². The van der Waals surface area contributed by atoms with Crippen LogP contribution in [0.4, 0.5) is 0 Å². The van der Waals surface area contributed by atoms with Crippen molar-refractivity contribution in [2.45, 2.75) is 0 Å². The summed E-state index contributed by atoms with van der Waals surface area (Å²) in [5.74, 6) is 0.655. The van der Waals surface area contributed by atoms with E-state index in [1.165, 1.54) is 0 Å². The van der Waals surface area contributed by atoms with Crippen molar-refractivity contribution >= 4 is 23.4 Å². The van der Waals surface area contributed by atoms with E-state index in [1.807, 2.05) is 0 Å². The third-order valence-electron chi connectivity index (χ3n) is 0.668. The first-order chi connectivity index (χ1) is 3.91. The summed E-state index contributed by atoms with van der Waals surface area (Å²) in [6.45, 7) is 2.49. The average molecular weight is 157 g/mol. The van der Waals surface area contributed by atoms with Gasteiger partial charge in [0.25, 0.3) is 0 Å². The van der Waals surface area contributed by atoms with Crippen LogP contribution in [-0.2, 0) is 0 Å². The van der Waals surface area contributed by atoms with Gasteiger partial charge in [-0.3, -0.25) is 0 Å². The highest BCUT2D eigenvalue weighted by Crippen LogP contribution is 1.68. The van der Waals surface area contributed by atoms with E-state index in [1.54, 1.807) is 0 Å². The van der Waals surface area contributed by atoms with E-state index in [-0.39, 0.29) is 0 Å². The van der Waals surface area contributed by atoms with E-state index < -0.39 is 0 Å². The zero-order valence-electron chi connectivity index (χ0n) is 4.58. The van der Waals surface area contributed by atoms with Crippen molar-refractivity contribution in [2.75, 3.05) is 25.5 Å². The van der Waals surface area contributed by atoms with Crippen molar-refractivity contribution in [1.82, 2.24) is 10.2 Å². The van der Waals surface area contributed by atoms with E-state index in [2.05, 4.69) is 10.2 Å². The molecule has 2 nitrogen and oxygen atoms in total. The Kier molecular flexibility index (Phi) is 7.97. The van der Waals surface area contributed by atoms with Crippen molar-refractivity contribution in [1.29, 1.82) is 0 Å². The molecule has 0 aliphatic carbocycles. The molecule has 0 aromatic heterocycles. The topological polar surface area (TPSA) is 24.1 Å². The number of nitrogens with one attached hydrogen (secondary N) is 2. The smallest absolute Gasteiger partial charge is 0.0348 e. The maximum atomic E-state index is 5.36. The highest BCUT2D eigenvalue weighted by Gasteiger charge is 1.81. The van der Waals surface area contributed by atoms with Crippen LogP contribution in [-0.4, -0.2) is 25.5 Å². The molecule has 4 heteroatoms. The summed E-state index contributed by atoms with van der Waals surface area (Å²) in [5.41, 5.74) is 0. The molecule has 0 amide bonds. The summed E-state index contributed by atoms with van der Waals surface area (Å²) in [4.78, 5) is 2.49. The van der Waals surface area contributed by atoms with Crippen LogP contribution in [0, 0.1) is 0 Å². The van der Waals surface area contributed by atoms with Gasteiger partial charge in [0.05, 0.1) is 0 Å². The molecule has 2 N–H and O–H groups in total. The summed E-state index contributed by atoms with van der Waals surface area (Å²) in [5, 5.41) is 3.06. The van der Waals surface area contributed by atoms with Crippen molar-refractivity contribution < 1.29 is 0 Å². The molecule has 0 aromatic carbocycles. The first-order valence-electron chi connectivity index (χ1n) is 2.52. The summed E-state index contributed by atoms with van der Waals surface area (Å²) >= 11 is 10.5. The van der Waals surface area contributed by atoms with E-state index in [0.29, 0.717) is 5.88 Å². The number of hydrogen-bond acceptors (Lipinski definition) is 2. The minimum atomic E-state index is 0.655. The van der Waals surface area contributed by atoms with Crippen LogP contribution in [0.5, 0.6) is 0 Å². The van der Waals surface area contributed by atoms with Crippen molar-refractivity contribution in [3.05, 3.63) is 0 Å². The van der Waals surface area contributed by atoms with Gasteiger partial charge in [-0.05, 0) is 11.8 Å². The van der Waals surface area contributed by atoms with E-state index in [9.17, 15) is 0 Å². The molecule has 0 aliphatic heterocycles. The van der Waals surface area contributed by atoms with Gasteiger partial charge in [0, 0.05) is 25.5 Å². The van der Waals surface area contributed by atoms with Crippen LogP contribution in [0.3, 0.4) is 0 Å². The molecule has 0 fully saturated rings. The van der Waals surface area contributed by atoms with Crippen molar-refractivity contribution in [2.24, 2.45) is 0 Å². The van der Waals surface area contributed by atoms with E-state index in [0.717, 1.165) is 19.6 Å². The predicted molar refractivity (Wildman–Crippen MR) is 37.4 cm³/mol. The van der Waals surface area contributed by atoms with Gasteiger partial charge >= 0.3 is 0 Å². The summed E-state index contributed by atoms with van der Waals surface area (Å²) in [6, 6.07) is 0. The number of rotatable bonds is 5. The largest absolute Gasteiger partial charge is 0.314 e. The average Bonchev–Trinajstić information content (AvgIpc) is 1.81. The van der Waals surface area contributed by atoms with Gasteiger partial charge in [0.1, 0.15) is 0 Å². The molecule has 0 saturated heterocycles. The molecule has 0 atom stereocenters. The molecule has 0 bridgehead atoms. The zero-order valence-corrected chi connectivity index (χ0v) is 6.10. The molecule has 8 heavy (non-hydrogen) atoms. The second-order valence-corrected chi connectivity index (χ2v) is 1.97. The van der Waals surface area contributed by atoms with Crippen LogP contribution < -0.4 is 10.2 Å². The molecule has 0 saturated carbocycles. The van der Waals surface area contributed by atoms with Crippen LogP contribution in [0.1, 0.15) is 0 Å². The molecule has 0 spiro atoms. The summed E-state index contributed by atoms with van der Waals surface area (Å²) in [6.07, 6.45) is 0. The Labute approximate surface area is 59.7 Å². The highest BCUT2D eigenvalue weighted by molar-refractivity contribution is 6.18. The van der Waals surface area contributed by atoms with Crippen molar-refractivity contribution in [3.8, 4) is 0 Å². The second kappa shape index (κ2) is 7.50. The molecule has 0 unspecified atom stereocenters. The van der Waals surface area contributed by atoms with Crippen LogP contribution >= 0.6 is 23.4 Å². The molecular formula is C4H10Cl2N2. The lowest BCUT2D eigenvalue weighted by atomic mass is 10.6. The predicted octanol–water partition coefficient (Wildman–Crippen LogP) is 0.558. The lowest BCUT2D eigenvalue weighted by Crippen LogP contribution is -2.24. The first-order valence-corrected chi connectivity index (χ1v) is 3.43. The quantitative estimate of drug-likeness (QED) is 0.346. The van der Waals surface area contributed by atoms with Crippen LogP contribution in [0.2, 0.25) is 0 Å². The first kappa shape index (κ1) is 8.50. The van der Waals surface area contributed by atoms with E-state index in [4.69, 9.17) is 23.4 Å². The Hall–Kier alpha value is 0.500. The van der Waals surface area contributed by atoms with Crippen LogP contribution in [0.15, 0.2) is 0 Å². The maximum Gasteiger partial charge on any atom is 0.0348 e.